The number of amides is 1. The summed E-state index contributed by atoms with van der Waals surface area (Å²) in [5, 5.41) is 3.94. The molecule has 0 spiro atoms. The zero-order valence-electron chi connectivity index (χ0n) is 11.7. The number of carbonyl (C=O) groups is 1. The minimum Gasteiger partial charge on any atom is -0.331 e. The smallest absolute Gasteiger partial charge is 0.255 e. The van der Waals surface area contributed by atoms with Gasteiger partial charge in [0.25, 0.3) is 5.91 Å². The van der Waals surface area contributed by atoms with Crippen LogP contribution >= 0.6 is 23.4 Å². The quantitative estimate of drug-likeness (QED) is 0.853. The third-order valence-electron chi connectivity index (χ3n) is 4.42. The van der Waals surface area contributed by atoms with Crippen molar-refractivity contribution < 1.29 is 4.79 Å². The van der Waals surface area contributed by atoms with Crippen LogP contribution < -0.4 is 5.32 Å². The summed E-state index contributed by atoms with van der Waals surface area (Å²) >= 11 is 7.87. The van der Waals surface area contributed by atoms with Crippen molar-refractivity contribution in [2.75, 3.05) is 19.3 Å². The highest BCUT2D eigenvalue weighted by molar-refractivity contribution is 7.98. The molecular formula is C15H19ClN2OS. The molecule has 0 aromatic heterocycles. The summed E-state index contributed by atoms with van der Waals surface area (Å²) in [5.74, 6) is 0.672. The maximum Gasteiger partial charge on any atom is 0.255 e. The van der Waals surface area contributed by atoms with Crippen molar-refractivity contribution in [3.63, 3.8) is 0 Å². The molecule has 2 fully saturated rings. The molecule has 1 amide bonds. The predicted molar refractivity (Wildman–Crippen MR) is 83.6 cm³/mol. The summed E-state index contributed by atoms with van der Waals surface area (Å²) in [5.41, 5.74) is 0.637. The molecule has 3 unspecified atom stereocenters. The molecule has 3 nitrogen and oxygen atoms in total. The monoisotopic (exact) mass is 310 g/mol. The number of benzene rings is 1. The molecule has 5 heteroatoms. The summed E-state index contributed by atoms with van der Waals surface area (Å²) in [6.45, 7) is 4.07. The summed E-state index contributed by atoms with van der Waals surface area (Å²) in [7, 11) is 0. The molecule has 3 atom stereocenters. The molecule has 2 aliphatic heterocycles. The predicted octanol–water partition coefficient (Wildman–Crippen LogP) is 2.88. The molecular weight excluding hydrogens is 292 g/mol. The number of thioether (sulfide) groups is 1. The van der Waals surface area contributed by atoms with Crippen LogP contribution in [0.5, 0.6) is 0 Å². The van der Waals surface area contributed by atoms with Crippen LogP contribution in [0.4, 0.5) is 0 Å². The second-order valence-electron chi connectivity index (χ2n) is 5.63. The van der Waals surface area contributed by atoms with Crippen molar-refractivity contribution in [2.24, 2.45) is 5.92 Å². The molecule has 2 heterocycles. The Morgan fingerprint density at radius 1 is 1.45 bits per heavy atom. The van der Waals surface area contributed by atoms with E-state index in [9.17, 15) is 4.79 Å². The van der Waals surface area contributed by atoms with Crippen LogP contribution in [0.25, 0.3) is 0 Å². The van der Waals surface area contributed by atoms with Crippen molar-refractivity contribution in [3.05, 3.63) is 28.8 Å². The van der Waals surface area contributed by atoms with E-state index in [2.05, 4.69) is 12.2 Å². The fourth-order valence-corrected chi connectivity index (χ4v) is 4.09. The SMILES string of the molecule is CSc1ccc(Cl)c(C(=O)N2C(C)CC3CNCC32)c1. The zero-order chi connectivity index (χ0) is 14.3. The van der Waals surface area contributed by atoms with Gasteiger partial charge < -0.3 is 10.2 Å². The van der Waals surface area contributed by atoms with Crippen molar-refractivity contribution in [2.45, 2.75) is 30.3 Å². The summed E-state index contributed by atoms with van der Waals surface area (Å²) < 4.78 is 0. The third kappa shape index (κ3) is 2.34. The molecule has 0 bridgehead atoms. The molecule has 2 saturated heterocycles. The maximum atomic E-state index is 12.9. The van der Waals surface area contributed by atoms with Gasteiger partial charge in [0.1, 0.15) is 0 Å². The van der Waals surface area contributed by atoms with Crippen LogP contribution in [0, 0.1) is 5.92 Å². The molecule has 108 valence electrons. The van der Waals surface area contributed by atoms with Gasteiger partial charge in [0.2, 0.25) is 0 Å². The number of halogens is 1. The normalized spacial score (nSPS) is 28.8. The lowest BCUT2D eigenvalue weighted by atomic mass is 10.0. The first kappa shape index (κ1) is 14.2. The molecule has 2 aliphatic rings. The number of likely N-dealkylation sites (tertiary alicyclic amines) is 1. The van der Waals surface area contributed by atoms with Crippen molar-refractivity contribution >= 4 is 29.3 Å². The topological polar surface area (TPSA) is 32.3 Å². The Bertz CT molecular complexity index is 537. The van der Waals surface area contributed by atoms with E-state index >= 15 is 0 Å². The fraction of sp³-hybridized carbons (Fsp3) is 0.533. The van der Waals surface area contributed by atoms with Gasteiger partial charge in [-0.3, -0.25) is 4.79 Å². The van der Waals surface area contributed by atoms with Gasteiger partial charge in [-0.05, 0) is 43.7 Å². The lowest BCUT2D eigenvalue weighted by Crippen LogP contribution is -2.42. The number of hydrogen-bond acceptors (Lipinski definition) is 3. The average molecular weight is 311 g/mol. The van der Waals surface area contributed by atoms with Crippen LogP contribution in [-0.4, -0.2) is 42.2 Å². The molecule has 20 heavy (non-hydrogen) atoms. The van der Waals surface area contributed by atoms with Gasteiger partial charge in [0, 0.05) is 30.1 Å². The van der Waals surface area contributed by atoms with Gasteiger partial charge in [0.15, 0.2) is 0 Å². The van der Waals surface area contributed by atoms with Crippen LogP contribution in [-0.2, 0) is 0 Å². The number of hydrogen-bond donors (Lipinski definition) is 1. The zero-order valence-corrected chi connectivity index (χ0v) is 13.3. The second kappa shape index (κ2) is 5.58. The van der Waals surface area contributed by atoms with Gasteiger partial charge >= 0.3 is 0 Å². The summed E-state index contributed by atoms with van der Waals surface area (Å²) in [6, 6.07) is 6.32. The fourth-order valence-electron chi connectivity index (χ4n) is 3.45. The Balaban J connectivity index is 1.92. The Labute approximate surface area is 129 Å². The van der Waals surface area contributed by atoms with Crippen molar-refractivity contribution in [3.8, 4) is 0 Å². The molecule has 0 saturated carbocycles. The van der Waals surface area contributed by atoms with E-state index in [0.29, 0.717) is 28.6 Å². The Kier molecular flexibility index (Phi) is 3.98. The van der Waals surface area contributed by atoms with Gasteiger partial charge in [0.05, 0.1) is 10.6 Å². The maximum absolute atomic E-state index is 12.9. The van der Waals surface area contributed by atoms with E-state index in [0.717, 1.165) is 24.4 Å². The standard InChI is InChI=1S/C15H19ClN2OS/c1-9-5-10-7-17-8-14(10)18(9)15(19)12-6-11(20-2)3-4-13(12)16/h3-4,6,9-10,14,17H,5,7-8H2,1-2H3. The van der Waals surface area contributed by atoms with Gasteiger partial charge in [-0.2, -0.15) is 0 Å². The van der Waals surface area contributed by atoms with E-state index < -0.39 is 0 Å². The van der Waals surface area contributed by atoms with E-state index in [4.69, 9.17) is 11.6 Å². The highest BCUT2D eigenvalue weighted by Crippen LogP contribution is 2.35. The van der Waals surface area contributed by atoms with Gasteiger partial charge in [-0.15, -0.1) is 11.8 Å². The lowest BCUT2D eigenvalue weighted by molar-refractivity contribution is 0.0682. The first-order valence-corrected chi connectivity index (χ1v) is 8.59. The van der Waals surface area contributed by atoms with Crippen LogP contribution in [0.15, 0.2) is 23.1 Å². The number of nitrogens with zero attached hydrogens (tertiary/aromatic N) is 1. The van der Waals surface area contributed by atoms with Crippen molar-refractivity contribution in [1.29, 1.82) is 0 Å². The molecule has 1 N–H and O–H groups in total. The highest BCUT2D eigenvalue weighted by atomic mass is 35.5. The summed E-state index contributed by atoms with van der Waals surface area (Å²) in [4.78, 5) is 16.0. The van der Waals surface area contributed by atoms with E-state index in [1.54, 1.807) is 11.8 Å². The third-order valence-corrected chi connectivity index (χ3v) is 5.47. The molecule has 3 rings (SSSR count). The first-order valence-electron chi connectivity index (χ1n) is 6.98. The molecule has 0 radical (unpaired) electrons. The van der Waals surface area contributed by atoms with Crippen molar-refractivity contribution in [1.82, 2.24) is 10.2 Å². The first-order chi connectivity index (χ1) is 9.61. The number of nitrogens with one attached hydrogen (secondary N) is 1. The van der Waals surface area contributed by atoms with Crippen LogP contribution in [0.2, 0.25) is 5.02 Å². The van der Waals surface area contributed by atoms with Crippen LogP contribution in [0.1, 0.15) is 23.7 Å². The summed E-state index contributed by atoms with van der Waals surface area (Å²) in [6.07, 6.45) is 3.09. The van der Waals surface area contributed by atoms with Gasteiger partial charge in [-0.1, -0.05) is 11.6 Å². The van der Waals surface area contributed by atoms with Gasteiger partial charge in [-0.25, -0.2) is 0 Å². The minimum atomic E-state index is 0.0783. The Morgan fingerprint density at radius 3 is 3.00 bits per heavy atom. The second-order valence-corrected chi connectivity index (χ2v) is 6.92. The minimum absolute atomic E-state index is 0.0783. The Hall–Kier alpha value is -0.710. The average Bonchev–Trinajstić information content (AvgIpc) is 2.98. The number of carbonyl (C=O) groups excluding carboxylic acids is 1. The Morgan fingerprint density at radius 2 is 2.25 bits per heavy atom. The highest BCUT2D eigenvalue weighted by Gasteiger charge is 2.44. The molecule has 1 aromatic carbocycles. The van der Waals surface area contributed by atoms with Crippen LogP contribution in [0.3, 0.4) is 0 Å². The number of fused-ring (bicyclic) bond motifs is 1. The van der Waals surface area contributed by atoms with E-state index in [1.807, 2.05) is 29.4 Å². The lowest BCUT2D eigenvalue weighted by Gasteiger charge is -2.28. The van der Waals surface area contributed by atoms with E-state index in [1.165, 1.54) is 0 Å². The largest absolute Gasteiger partial charge is 0.331 e. The number of rotatable bonds is 2. The van der Waals surface area contributed by atoms with E-state index in [-0.39, 0.29) is 5.91 Å². The molecule has 1 aromatic rings. The molecule has 0 aliphatic carbocycles.